The minimum absolute atomic E-state index is 0.00476. The summed E-state index contributed by atoms with van der Waals surface area (Å²) < 4.78 is 10.8. The Morgan fingerprint density at radius 2 is 1.63 bits per heavy atom. The van der Waals surface area contributed by atoms with Crippen LogP contribution < -0.4 is 14.8 Å². The first kappa shape index (κ1) is 25.0. The highest BCUT2D eigenvalue weighted by molar-refractivity contribution is 5.82. The van der Waals surface area contributed by atoms with Gasteiger partial charge in [0.1, 0.15) is 11.5 Å². The van der Waals surface area contributed by atoms with E-state index in [0.717, 1.165) is 25.0 Å². The first-order valence-corrected chi connectivity index (χ1v) is 12.7. The molecule has 7 heteroatoms. The number of hydrogen-bond acceptors (Lipinski definition) is 5. The van der Waals surface area contributed by atoms with Gasteiger partial charge in [0.15, 0.2) is 6.61 Å². The standard InChI is InChI=1S/C28H37N3O4/c1-34-24-13-11-22(12-14-24)15-16-29-28(33)27(23-7-5-6-8-23)31-19-17-30(18-20-31)26(32)21-35-25-9-3-2-4-10-25/h2-4,9-14,23,27H,5-8,15-21H2,1H3,(H,29,33). The molecule has 35 heavy (non-hydrogen) atoms. The number of nitrogens with zero attached hydrogens (tertiary/aromatic N) is 2. The molecule has 2 aromatic rings. The van der Waals surface area contributed by atoms with Crippen molar-refractivity contribution >= 4 is 11.8 Å². The molecule has 1 heterocycles. The summed E-state index contributed by atoms with van der Waals surface area (Å²) in [5.74, 6) is 2.04. The molecule has 2 fully saturated rings. The SMILES string of the molecule is COc1ccc(CCNC(=O)C(C2CCCC2)N2CCN(C(=O)COc3ccccc3)CC2)cc1. The van der Waals surface area contributed by atoms with E-state index in [0.29, 0.717) is 44.4 Å². The van der Waals surface area contributed by atoms with Crippen molar-refractivity contribution in [3.8, 4) is 11.5 Å². The second-order valence-corrected chi connectivity index (χ2v) is 9.40. The molecule has 0 bridgehead atoms. The van der Waals surface area contributed by atoms with Gasteiger partial charge in [0.25, 0.3) is 5.91 Å². The molecule has 1 unspecified atom stereocenters. The number of carbonyl (C=O) groups excluding carboxylic acids is 2. The topological polar surface area (TPSA) is 71.1 Å². The van der Waals surface area contributed by atoms with Crippen molar-refractivity contribution in [2.45, 2.75) is 38.1 Å². The van der Waals surface area contributed by atoms with Crippen LogP contribution >= 0.6 is 0 Å². The highest BCUT2D eigenvalue weighted by Crippen LogP contribution is 2.31. The molecule has 1 saturated heterocycles. The fourth-order valence-corrected chi connectivity index (χ4v) is 5.18. The zero-order valence-electron chi connectivity index (χ0n) is 20.7. The average Bonchev–Trinajstić information content (AvgIpc) is 3.43. The lowest BCUT2D eigenvalue weighted by molar-refractivity contribution is -0.137. The Morgan fingerprint density at radius 3 is 2.29 bits per heavy atom. The quantitative estimate of drug-likeness (QED) is 0.567. The third-order valence-corrected chi connectivity index (χ3v) is 7.15. The summed E-state index contributed by atoms with van der Waals surface area (Å²) in [4.78, 5) is 30.1. The van der Waals surface area contributed by atoms with E-state index in [1.165, 1.54) is 18.4 Å². The number of para-hydroxylation sites is 1. The molecular formula is C28H37N3O4. The maximum Gasteiger partial charge on any atom is 0.260 e. The largest absolute Gasteiger partial charge is 0.497 e. The number of hydrogen-bond donors (Lipinski definition) is 1. The molecule has 1 saturated carbocycles. The second kappa shape index (κ2) is 12.6. The van der Waals surface area contributed by atoms with E-state index >= 15 is 0 Å². The Hall–Kier alpha value is -3.06. The fourth-order valence-electron chi connectivity index (χ4n) is 5.18. The predicted octanol–water partition coefficient (Wildman–Crippen LogP) is 3.14. The number of ether oxygens (including phenoxy) is 2. The van der Waals surface area contributed by atoms with Crippen LogP contribution in [0.5, 0.6) is 11.5 Å². The van der Waals surface area contributed by atoms with Gasteiger partial charge < -0.3 is 19.7 Å². The number of benzene rings is 2. The van der Waals surface area contributed by atoms with Crippen LogP contribution in [0.25, 0.3) is 0 Å². The molecular weight excluding hydrogens is 442 g/mol. The van der Waals surface area contributed by atoms with Crippen LogP contribution in [0, 0.1) is 5.92 Å². The van der Waals surface area contributed by atoms with Crippen LogP contribution in [0.2, 0.25) is 0 Å². The van der Waals surface area contributed by atoms with E-state index in [9.17, 15) is 9.59 Å². The van der Waals surface area contributed by atoms with Crippen LogP contribution in [-0.2, 0) is 16.0 Å². The molecule has 1 aliphatic heterocycles. The minimum atomic E-state index is -0.119. The summed E-state index contributed by atoms with van der Waals surface area (Å²) in [6.07, 6.45) is 5.36. The van der Waals surface area contributed by atoms with E-state index in [1.54, 1.807) is 7.11 Å². The molecule has 1 atom stereocenters. The molecule has 2 aromatic carbocycles. The molecule has 188 valence electrons. The Bertz CT molecular complexity index is 936. The molecule has 0 radical (unpaired) electrons. The van der Waals surface area contributed by atoms with Crippen molar-refractivity contribution in [2.24, 2.45) is 5.92 Å². The van der Waals surface area contributed by atoms with Gasteiger partial charge in [-0.05, 0) is 55.0 Å². The van der Waals surface area contributed by atoms with Gasteiger partial charge in [-0.2, -0.15) is 0 Å². The van der Waals surface area contributed by atoms with Crippen molar-refractivity contribution < 1.29 is 19.1 Å². The van der Waals surface area contributed by atoms with Gasteiger partial charge in [-0.25, -0.2) is 0 Å². The molecule has 2 aliphatic rings. The fraction of sp³-hybridized carbons (Fsp3) is 0.500. The van der Waals surface area contributed by atoms with Gasteiger partial charge in [0.05, 0.1) is 13.2 Å². The van der Waals surface area contributed by atoms with Crippen LogP contribution in [0.4, 0.5) is 0 Å². The van der Waals surface area contributed by atoms with E-state index in [-0.39, 0.29) is 24.5 Å². The van der Waals surface area contributed by atoms with Crippen molar-refractivity contribution in [3.05, 3.63) is 60.2 Å². The summed E-state index contributed by atoms with van der Waals surface area (Å²) >= 11 is 0. The van der Waals surface area contributed by atoms with E-state index < -0.39 is 0 Å². The monoisotopic (exact) mass is 479 g/mol. The maximum atomic E-state index is 13.3. The van der Waals surface area contributed by atoms with Gasteiger partial charge in [-0.1, -0.05) is 43.2 Å². The van der Waals surface area contributed by atoms with Crippen LogP contribution in [0.3, 0.4) is 0 Å². The summed E-state index contributed by atoms with van der Waals surface area (Å²) in [7, 11) is 1.66. The Morgan fingerprint density at radius 1 is 0.943 bits per heavy atom. The van der Waals surface area contributed by atoms with Crippen LogP contribution in [0.15, 0.2) is 54.6 Å². The number of rotatable bonds is 10. The third-order valence-electron chi connectivity index (χ3n) is 7.15. The summed E-state index contributed by atoms with van der Waals surface area (Å²) in [6.45, 7) is 3.33. The molecule has 0 aromatic heterocycles. The van der Waals surface area contributed by atoms with Crippen LogP contribution in [-0.4, -0.2) is 74.1 Å². The van der Waals surface area contributed by atoms with Crippen molar-refractivity contribution in [2.75, 3.05) is 46.4 Å². The minimum Gasteiger partial charge on any atom is -0.497 e. The average molecular weight is 480 g/mol. The lowest BCUT2D eigenvalue weighted by Gasteiger charge is -2.40. The van der Waals surface area contributed by atoms with Gasteiger partial charge in [-0.3, -0.25) is 14.5 Å². The number of methoxy groups -OCH3 is 1. The summed E-state index contributed by atoms with van der Waals surface area (Å²) in [6, 6.07) is 17.3. The number of piperazine rings is 1. The highest BCUT2D eigenvalue weighted by Gasteiger charge is 2.37. The predicted molar refractivity (Wildman–Crippen MR) is 136 cm³/mol. The van der Waals surface area contributed by atoms with Gasteiger partial charge in [0.2, 0.25) is 5.91 Å². The molecule has 1 aliphatic carbocycles. The first-order chi connectivity index (χ1) is 17.1. The lowest BCUT2D eigenvalue weighted by Crippen LogP contribution is -2.58. The smallest absolute Gasteiger partial charge is 0.260 e. The lowest BCUT2D eigenvalue weighted by atomic mass is 9.95. The van der Waals surface area contributed by atoms with E-state index in [2.05, 4.69) is 10.2 Å². The van der Waals surface area contributed by atoms with Gasteiger partial charge in [0, 0.05) is 32.7 Å². The zero-order chi connectivity index (χ0) is 24.5. The zero-order valence-corrected chi connectivity index (χ0v) is 20.7. The Balaban J connectivity index is 1.27. The van der Waals surface area contributed by atoms with Gasteiger partial charge in [-0.15, -0.1) is 0 Å². The van der Waals surface area contributed by atoms with Crippen LogP contribution in [0.1, 0.15) is 31.2 Å². The van der Waals surface area contributed by atoms with Crippen molar-refractivity contribution in [1.82, 2.24) is 15.1 Å². The molecule has 7 nitrogen and oxygen atoms in total. The Labute approximate surface area is 208 Å². The normalized spacial score (nSPS) is 17.7. The molecule has 1 N–H and O–H groups in total. The maximum absolute atomic E-state index is 13.3. The molecule has 4 rings (SSSR count). The second-order valence-electron chi connectivity index (χ2n) is 9.40. The molecule has 0 spiro atoms. The van der Waals surface area contributed by atoms with Crippen molar-refractivity contribution in [1.29, 1.82) is 0 Å². The third kappa shape index (κ3) is 6.98. The number of carbonyl (C=O) groups is 2. The number of nitrogens with one attached hydrogen (secondary N) is 1. The highest BCUT2D eigenvalue weighted by atomic mass is 16.5. The first-order valence-electron chi connectivity index (χ1n) is 12.7. The van der Waals surface area contributed by atoms with E-state index in [1.807, 2.05) is 59.5 Å². The van der Waals surface area contributed by atoms with E-state index in [4.69, 9.17) is 9.47 Å². The Kier molecular flexibility index (Phi) is 9.01. The summed E-state index contributed by atoms with van der Waals surface area (Å²) in [5, 5.41) is 3.19. The van der Waals surface area contributed by atoms with Gasteiger partial charge >= 0.3 is 0 Å². The molecule has 2 amide bonds. The number of amides is 2. The summed E-state index contributed by atoms with van der Waals surface area (Å²) in [5.41, 5.74) is 1.17. The van der Waals surface area contributed by atoms with Crippen molar-refractivity contribution in [3.63, 3.8) is 0 Å².